The molecular weight excluding hydrogens is 1480 g/mol. The lowest BCUT2D eigenvalue weighted by Crippen LogP contribution is -2.40. The van der Waals surface area contributed by atoms with Crippen LogP contribution in [0.15, 0.2) is 48.6 Å². The van der Waals surface area contributed by atoms with E-state index in [-0.39, 0.29) is 83.4 Å². The molecule has 0 spiro atoms. The van der Waals surface area contributed by atoms with E-state index in [1.54, 1.807) is 14.0 Å². The number of allylic oxidation sites excluding steroid dienone is 8. The third kappa shape index (κ3) is 75.0. The van der Waals surface area contributed by atoms with Crippen LogP contribution in [0.3, 0.4) is 0 Å². The van der Waals surface area contributed by atoms with E-state index in [0.29, 0.717) is 59.9 Å². The van der Waals surface area contributed by atoms with Gasteiger partial charge in [0.15, 0.2) is 22.9 Å². The Morgan fingerprint density at radius 1 is 0.429 bits per heavy atom. The van der Waals surface area contributed by atoms with E-state index in [9.17, 15) is 34.2 Å². The molecule has 1 aromatic rings. The summed E-state index contributed by atoms with van der Waals surface area (Å²) in [6, 6.07) is 0. The van der Waals surface area contributed by atoms with Crippen LogP contribution in [-0.4, -0.2) is 136 Å². The molecule has 1 rings (SSSR count). The van der Waals surface area contributed by atoms with Gasteiger partial charge < -0.3 is 59.3 Å². The number of hydrogen-bond donors (Lipinski definition) is 6. The van der Waals surface area contributed by atoms with Gasteiger partial charge in [0.1, 0.15) is 17.8 Å². The summed E-state index contributed by atoms with van der Waals surface area (Å²) in [4.78, 5) is 55.6. The molecule has 0 aliphatic rings. The Hall–Kier alpha value is -3.77. The Kier molecular flexibility index (Phi) is 80.1. The first-order valence-electron chi connectivity index (χ1n) is 42.3. The van der Waals surface area contributed by atoms with Gasteiger partial charge in [-0.3, -0.25) is 19.2 Å². The van der Waals surface area contributed by atoms with E-state index < -0.39 is 30.1 Å². The molecule has 0 bridgehead atoms. The number of carbonyl (C=O) groups is 5. The van der Waals surface area contributed by atoms with E-state index in [2.05, 4.69) is 171 Å². The van der Waals surface area contributed by atoms with Gasteiger partial charge in [-0.05, 0) is 271 Å². The van der Waals surface area contributed by atoms with Crippen LogP contribution in [0.2, 0.25) is 66.0 Å². The number of halogens is 1. The highest BCUT2D eigenvalue weighted by molar-refractivity contribution is 6.78. The number of aldehydes is 2. The molecule has 664 valence electrons. The zero-order valence-electron chi connectivity index (χ0n) is 77.6. The molecule has 0 unspecified atom stereocenters. The fourth-order valence-corrected chi connectivity index (χ4v) is 10.3. The van der Waals surface area contributed by atoms with Crippen molar-refractivity contribution in [2.24, 2.45) is 22.0 Å². The Labute approximate surface area is 699 Å². The van der Waals surface area contributed by atoms with Crippen LogP contribution >= 0.6 is 11.6 Å². The Morgan fingerprint density at radius 3 is 0.929 bits per heavy atom. The van der Waals surface area contributed by atoms with Crippen LogP contribution in [0.4, 0.5) is 0 Å². The second-order valence-electron chi connectivity index (χ2n) is 36.7. The van der Waals surface area contributed by atoms with Crippen molar-refractivity contribution < 1.29 is 67.5 Å². The Bertz CT molecular complexity index is 2490. The van der Waals surface area contributed by atoms with Gasteiger partial charge in [0.05, 0.1) is 46.7 Å². The lowest BCUT2D eigenvalue weighted by atomic mass is 9.97. The number of esters is 3. The average Bonchev–Trinajstić information content (AvgIpc) is 0.793. The molecule has 7 N–H and O–H groups in total. The number of phenolic OH excluding ortho intramolecular Hbond substituents is 2. The Morgan fingerprint density at radius 2 is 0.696 bits per heavy atom. The fourth-order valence-electron chi connectivity index (χ4n) is 7.87. The van der Waals surface area contributed by atoms with Crippen molar-refractivity contribution >= 4 is 66.8 Å². The SMILES string of the molecule is C.CC(C)(C)[Si](C)(C)C.CC(C)(C)[Si](C)(C)OCCCCCC=O.CC/C=C/CCCCCOC(=O)C(C)(C)C.CC/C=C/CCCCCOC(=O)C(C)(C)C.CC/C=C/CCCCCO[Si](C)(C)C(C)(C)C.CNCN.Cc1c(Cl)c(O)c(C/C=C/CCCCCOC(=O)C(C)(C)C)c(O)c1C=O.OCCCCCCO. The molecule has 0 saturated heterocycles. The first-order chi connectivity index (χ1) is 51.3. The Balaban J connectivity index is -0.000000192. The van der Waals surface area contributed by atoms with Gasteiger partial charge in [0, 0.05) is 53.2 Å². The number of carbonyl (C=O) groups excluding carboxylic acids is 5. The van der Waals surface area contributed by atoms with E-state index in [0.717, 1.165) is 148 Å². The van der Waals surface area contributed by atoms with Gasteiger partial charge in [0.2, 0.25) is 0 Å². The van der Waals surface area contributed by atoms with Crippen LogP contribution < -0.4 is 11.1 Å². The zero-order valence-corrected chi connectivity index (χ0v) is 81.3. The standard InChI is InChI=1S/C21H29ClO5.C15H32OSi.2C14H26O2.C12H26O2Si.C7H18Si.C6H14O2.C2H8N2.CH4/c1-14-16(13-23)18(24)15(19(25)17(14)22)11-9-7-5-6-8-10-12-27-20(26)21(2,3)4;1-7-8-9-10-11-12-13-14-16-17(5,6)15(2,3)4;2*1-5-6-7-8-9-10-11-12-16-13(15)14(2,3)4;1-12(2,3)15(4,5)14-11-9-7-6-8-10-13;1-7(2,3)8(4,5)6;7-5-3-1-2-4-6-8;1-4-2-3;/h7,9,13,24-25H,5-6,8,10-12H2,1-4H3;8-9H,7,10-14H2,1-6H3;2*6-7H,5,8-12H2,1-4H3;10H,6-9,11H2,1-5H3;1-6H3;7-8H,1-6H2;4H,2-3H2,1H3;1H4/b9-7+;9-8+;2*7-6+;;;;;. The van der Waals surface area contributed by atoms with E-state index in [1.165, 1.54) is 38.5 Å². The highest BCUT2D eigenvalue weighted by Crippen LogP contribution is 2.41. The fraction of sp³-hybridized carbons (Fsp3) is 0.793. The normalized spacial score (nSPS) is 12.0. The number of nitrogens with one attached hydrogen (secondary N) is 1. The smallest absolute Gasteiger partial charge is 0.311 e. The number of phenols is 2. The molecule has 20 heteroatoms. The van der Waals surface area contributed by atoms with Crippen molar-refractivity contribution in [1.29, 1.82) is 0 Å². The summed E-state index contributed by atoms with van der Waals surface area (Å²) in [6.07, 6.45) is 47.5. The zero-order chi connectivity index (χ0) is 87.5. The van der Waals surface area contributed by atoms with Crippen molar-refractivity contribution in [1.82, 2.24) is 5.32 Å². The number of rotatable bonds is 44. The summed E-state index contributed by atoms with van der Waals surface area (Å²) in [6.45, 7) is 66.4. The molecule has 0 atom stereocenters. The molecule has 16 nitrogen and oxygen atoms in total. The molecule has 0 aliphatic heterocycles. The molecule has 112 heavy (non-hydrogen) atoms. The molecule has 0 aliphatic carbocycles. The first kappa shape index (κ1) is 124. The lowest BCUT2D eigenvalue weighted by Gasteiger charge is -2.36. The van der Waals surface area contributed by atoms with Gasteiger partial charge >= 0.3 is 17.9 Å². The van der Waals surface area contributed by atoms with Gasteiger partial charge in [-0.15, -0.1) is 0 Å². The summed E-state index contributed by atoms with van der Waals surface area (Å²) in [5, 5.41) is 40.9. The highest BCUT2D eigenvalue weighted by Gasteiger charge is 2.38. The minimum Gasteiger partial charge on any atom is -0.507 e. The second kappa shape index (κ2) is 72.5. The van der Waals surface area contributed by atoms with Crippen molar-refractivity contribution in [3.8, 4) is 11.5 Å². The molecular formula is C92H183ClN2O14Si3. The van der Waals surface area contributed by atoms with E-state index >= 15 is 0 Å². The van der Waals surface area contributed by atoms with Crippen LogP contribution in [0.1, 0.15) is 348 Å². The number of ether oxygens (including phenoxy) is 3. The maximum absolute atomic E-state index is 11.6. The van der Waals surface area contributed by atoms with Crippen LogP contribution in [-0.2, 0) is 48.7 Å². The average molecular weight is 1660 g/mol. The molecule has 0 aromatic heterocycles. The minimum atomic E-state index is -1.54. The van der Waals surface area contributed by atoms with Crippen molar-refractivity contribution in [2.75, 3.05) is 60.0 Å². The predicted octanol–water partition coefficient (Wildman–Crippen LogP) is 26.0. The molecule has 0 amide bonds. The van der Waals surface area contributed by atoms with E-state index in [1.807, 2.05) is 74.5 Å². The third-order valence-corrected chi connectivity index (χ3v) is 33.2. The molecule has 0 radical (unpaired) electrons. The van der Waals surface area contributed by atoms with Crippen LogP contribution in [0.25, 0.3) is 0 Å². The van der Waals surface area contributed by atoms with Gasteiger partial charge in [-0.2, -0.15) is 0 Å². The van der Waals surface area contributed by atoms with Gasteiger partial charge in [-0.1, -0.05) is 196 Å². The maximum Gasteiger partial charge on any atom is 0.311 e. The van der Waals surface area contributed by atoms with Crippen LogP contribution in [0, 0.1) is 23.2 Å². The number of aliphatic hydroxyl groups excluding tert-OH is 2. The quantitative estimate of drug-likeness (QED) is 0.00676. The summed E-state index contributed by atoms with van der Waals surface area (Å²) in [5.74, 6) is -0.803. The number of aliphatic hydroxyl groups is 2. The number of aromatic hydroxyl groups is 2. The third-order valence-electron chi connectivity index (χ3n) is 19.2. The monoisotopic (exact) mass is 1660 g/mol. The number of hydrogen-bond acceptors (Lipinski definition) is 16. The summed E-state index contributed by atoms with van der Waals surface area (Å²) < 4.78 is 27.7. The minimum absolute atomic E-state index is 0. The summed E-state index contributed by atoms with van der Waals surface area (Å²) in [7, 11) is -2.10. The molecule has 0 heterocycles. The largest absolute Gasteiger partial charge is 0.507 e. The van der Waals surface area contributed by atoms with Gasteiger partial charge in [0.25, 0.3) is 0 Å². The predicted molar refractivity (Wildman–Crippen MR) is 493 cm³/mol. The number of benzene rings is 1. The number of nitrogens with two attached hydrogens (primary N) is 1. The molecule has 0 fully saturated rings. The number of unbranched alkanes of at least 4 members (excludes halogenated alkanes) is 18. The molecule has 1 aromatic carbocycles. The topological polar surface area (TPSA) is 250 Å². The maximum atomic E-state index is 11.6. The van der Waals surface area contributed by atoms with Crippen molar-refractivity contribution in [3.05, 3.63) is 70.3 Å². The van der Waals surface area contributed by atoms with E-state index in [4.69, 9.17) is 50.6 Å². The van der Waals surface area contributed by atoms with Crippen molar-refractivity contribution in [2.45, 2.75) is 400 Å². The van der Waals surface area contributed by atoms with Gasteiger partial charge in [-0.25, -0.2) is 0 Å². The summed E-state index contributed by atoms with van der Waals surface area (Å²) in [5.41, 5.74) is 4.42. The van der Waals surface area contributed by atoms with Crippen LogP contribution in [0.5, 0.6) is 11.5 Å². The molecule has 0 saturated carbocycles. The first-order valence-corrected chi connectivity index (χ1v) is 52.0. The lowest BCUT2D eigenvalue weighted by molar-refractivity contribution is -0.153. The summed E-state index contributed by atoms with van der Waals surface area (Å²) >= 11 is 6.02. The highest BCUT2D eigenvalue weighted by atomic mass is 35.5. The second-order valence-corrected chi connectivity index (χ2v) is 52.7. The van der Waals surface area contributed by atoms with Crippen molar-refractivity contribution in [3.63, 3.8) is 0 Å².